The molecule has 2 atom stereocenters. The Hall–Kier alpha value is -5.19. The SMILES string of the molecule is COc1cc2nc(CCn3c(=O)n4n(c3=O)C3CC5=C(C(=O)C(I)=CC5=O)C(c5cccc(OC)c5O)C3=CC4)c(=O)n(C)c2cc1OC. The molecule has 252 valence electrons. The largest absolute Gasteiger partial charge is 0.504 e. The maximum absolute atomic E-state index is 14.1. The van der Waals surface area contributed by atoms with Crippen LogP contribution in [0.25, 0.3) is 11.0 Å². The van der Waals surface area contributed by atoms with Gasteiger partial charge in [-0.15, -0.1) is 0 Å². The van der Waals surface area contributed by atoms with Crippen molar-refractivity contribution in [3.05, 3.63) is 105 Å². The van der Waals surface area contributed by atoms with Crippen LogP contribution in [0.3, 0.4) is 0 Å². The lowest BCUT2D eigenvalue weighted by molar-refractivity contribution is -0.115. The second-order valence-corrected chi connectivity index (χ2v) is 13.0. The molecule has 3 aliphatic rings. The number of carbonyl (C=O) groups is 2. The molecule has 15 heteroatoms. The standard InChI is InChI=1S/C34H30IN5O9/c1-37-23-15-27(49-4)26(48-3)14-21(23)36-20(32(37)44)9-10-38-33(45)39-11-8-16-22(40(39)34(38)46)12-18-24(41)13-19(35)31(43)29(18)28(16)17-6-5-7-25(47-2)30(17)42/h5-8,13-15,22,28,42H,9-12H2,1-4H3. The summed E-state index contributed by atoms with van der Waals surface area (Å²) >= 11 is 1.83. The van der Waals surface area contributed by atoms with Gasteiger partial charge in [0.2, 0.25) is 0 Å². The van der Waals surface area contributed by atoms with Crippen molar-refractivity contribution in [2.24, 2.45) is 7.05 Å². The van der Waals surface area contributed by atoms with Gasteiger partial charge in [0.15, 0.2) is 34.6 Å². The molecule has 3 heterocycles. The third kappa shape index (κ3) is 4.89. The molecule has 14 nitrogen and oxygen atoms in total. The van der Waals surface area contributed by atoms with E-state index in [0.717, 1.165) is 4.57 Å². The van der Waals surface area contributed by atoms with Gasteiger partial charge in [-0.2, -0.15) is 0 Å². The van der Waals surface area contributed by atoms with Gasteiger partial charge < -0.3 is 23.9 Å². The zero-order valence-electron chi connectivity index (χ0n) is 26.9. The molecule has 0 fully saturated rings. The van der Waals surface area contributed by atoms with E-state index < -0.39 is 28.9 Å². The van der Waals surface area contributed by atoms with E-state index in [-0.39, 0.29) is 69.4 Å². The molecule has 0 bridgehead atoms. The number of phenolic OH excluding ortho intramolecular Hbond substituents is 1. The van der Waals surface area contributed by atoms with Crippen LogP contribution in [0.4, 0.5) is 0 Å². The van der Waals surface area contributed by atoms with E-state index in [2.05, 4.69) is 4.98 Å². The molecular formula is C34H30IN5O9. The van der Waals surface area contributed by atoms with Gasteiger partial charge in [-0.1, -0.05) is 18.2 Å². The zero-order chi connectivity index (χ0) is 34.9. The molecule has 2 unspecified atom stereocenters. The highest BCUT2D eigenvalue weighted by Gasteiger charge is 2.46. The Morgan fingerprint density at radius 3 is 2.41 bits per heavy atom. The molecular weight excluding hydrogens is 749 g/mol. The zero-order valence-corrected chi connectivity index (χ0v) is 29.0. The number of rotatable bonds is 7. The van der Waals surface area contributed by atoms with Gasteiger partial charge in [0.25, 0.3) is 5.56 Å². The third-order valence-electron chi connectivity index (χ3n) is 9.46. The molecule has 0 spiro atoms. The number of hydrogen-bond acceptors (Lipinski definition) is 10. The van der Waals surface area contributed by atoms with Crippen LogP contribution in [-0.4, -0.2) is 61.5 Å². The Bertz CT molecular complexity index is 2410. The second-order valence-electron chi connectivity index (χ2n) is 11.8. The van der Waals surface area contributed by atoms with Crippen LogP contribution in [-0.2, 0) is 36.1 Å². The molecule has 1 aliphatic heterocycles. The number of aryl methyl sites for hydroxylation is 2. The second kappa shape index (κ2) is 12.0. The molecule has 0 radical (unpaired) electrons. The Labute approximate surface area is 291 Å². The average Bonchev–Trinajstić information content (AvgIpc) is 3.35. The summed E-state index contributed by atoms with van der Waals surface area (Å²) < 4.78 is 21.4. The number of fused-ring (bicyclic) bond motifs is 4. The summed E-state index contributed by atoms with van der Waals surface area (Å²) in [6.07, 6.45) is 3.02. The van der Waals surface area contributed by atoms with Gasteiger partial charge in [0.05, 0.1) is 48.5 Å². The molecule has 0 amide bonds. The predicted octanol–water partition coefficient (Wildman–Crippen LogP) is 2.47. The van der Waals surface area contributed by atoms with E-state index in [9.17, 15) is 29.1 Å². The highest BCUT2D eigenvalue weighted by molar-refractivity contribution is 14.1. The summed E-state index contributed by atoms with van der Waals surface area (Å²) in [6, 6.07) is 7.40. The van der Waals surface area contributed by atoms with Gasteiger partial charge in [-0.25, -0.2) is 28.5 Å². The third-order valence-corrected chi connectivity index (χ3v) is 10.3. The van der Waals surface area contributed by atoms with E-state index in [0.29, 0.717) is 33.7 Å². The van der Waals surface area contributed by atoms with Crippen LogP contribution < -0.4 is 31.1 Å². The molecule has 2 aromatic carbocycles. The molecule has 1 N–H and O–H groups in total. The van der Waals surface area contributed by atoms with E-state index >= 15 is 0 Å². The van der Waals surface area contributed by atoms with Crippen LogP contribution in [0.5, 0.6) is 23.0 Å². The molecule has 2 aliphatic carbocycles. The van der Waals surface area contributed by atoms with E-state index in [4.69, 9.17) is 14.2 Å². The topological polar surface area (TPSA) is 166 Å². The molecule has 0 saturated heterocycles. The summed E-state index contributed by atoms with van der Waals surface area (Å²) in [6.45, 7) is -0.135. The van der Waals surface area contributed by atoms with Gasteiger partial charge in [0, 0.05) is 67.3 Å². The number of methoxy groups -OCH3 is 3. The number of ether oxygens (including phenoxy) is 3. The summed E-state index contributed by atoms with van der Waals surface area (Å²) in [5, 5.41) is 11.2. The van der Waals surface area contributed by atoms with Crippen molar-refractivity contribution in [2.45, 2.75) is 37.9 Å². The van der Waals surface area contributed by atoms with Crippen LogP contribution in [0.15, 0.2) is 77.2 Å². The number of aromatic nitrogens is 5. The average molecular weight is 780 g/mol. The Kier molecular flexibility index (Phi) is 7.96. The molecule has 7 rings (SSSR count). The van der Waals surface area contributed by atoms with Crippen molar-refractivity contribution in [1.29, 1.82) is 0 Å². The minimum Gasteiger partial charge on any atom is -0.504 e. The lowest BCUT2D eigenvalue weighted by Gasteiger charge is -2.39. The highest BCUT2D eigenvalue weighted by Crippen LogP contribution is 2.52. The smallest absolute Gasteiger partial charge is 0.347 e. The van der Waals surface area contributed by atoms with Gasteiger partial charge in [-0.05, 0) is 34.2 Å². The maximum Gasteiger partial charge on any atom is 0.347 e. The Morgan fingerprint density at radius 2 is 1.69 bits per heavy atom. The minimum absolute atomic E-state index is 0.00341. The van der Waals surface area contributed by atoms with Gasteiger partial charge in [-0.3, -0.25) is 14.4 Å². The first kappa shape index (κ1) is 32.4. The van der Waals surface area contributed by atoms with Crippen molar-refractivity contribution in [3.63, 3.8) is 0 Å². The molecule has 49 heavy (non-hydrogen) atoms. The van der Waals surface area contributed by atoms with Gasteiger partial charge in [0.1, 0.15) is 5.69 Å². The van der Waals surface area contributed by atoms with E-state index in [1.165, 1.54) is 41.3 Å². The van der Waals surface area contributed by atoms with Crippen molar-refractivity contribution in [3.8, 4) is 23.0 Å². The predicted molar refractivity (Wildman–Crippen MR) is 185 cm³/mol. The first-order valence-electron chi connectivity index (χ1n) is 15.3. The van der Waals surface area contributed by atoms with E-state index in [1.54, 1.807) is 43.5 Å². The fraction of sp³-hybridized carbons (Fsp3) is 0.294. The number of allylic oxidation sites excluding steroid dienone is 6. The first-order valence-corrected chi connectivity index (χ1v) is 16.4. The summed E-state index contributed by atoms with van der Waals surface area (Å²) in [7, 11) is 5.99. The number of halogens is 1. The number of para-hydroxylation sites is 1. The number of phenols is 1. The van der Waals surface area contributed by atoms with Crippen LogP contribution in [0, 0.1) is 0 Å². The summed E-state index contributed by atoms with van der Waals surface area (Å²) in [5.41, 5.74) is 0.907. The number of carbonyl (C=O) groups excluding carboxylic acids is 2. The maximum atomic E-state index is 14.1. The van der Waals surface area contributed by atoms with Crippen molar-refractivity contribution in [1.82, 2.24) is 23.5 Å². The lowest BCUT2D eigenvalue weighted by Crippen LogP contribution is -2.40. The molecule has 4 aromatic rings. The lowest BCUT2D eigenvalue weighted by atomic mass is 9.68. The quantitative estimate of drug-likeness (QED) is 0.167. The van der Waals surface area contributed by atoms with Crippen LogP contribution >= 0.6 is 22.6 Å². The van der Waals surface area contributed by atoms with E-state index in [1.807, 2.05) is 22.6 Å². The number of hydrogen-bond donors (Lipinski definition) is 1. The normalized spacial score (nSPS) is 18.5. The van der Waals surface area contributed by atoms with Gasteiger partial charge >= 0.3 is 11.4 Å². The van der Waals surface area contributed by atoms with Crippen LogP contribution in [0.2, 0.25) is 0 Å². The Balaban J connectivity index is 1.30. The van der Waals surface area contributed by atoms with Crippen LogP contribution in [0.1, 0.15) is 29.6 Å². The molecule has 0 saturated carbocycles. The Morgan fingerprint density at radius 1 is 0.980 bits per heavy atom. The summed E-state index contributed by atoms with van der Waals surface area (Å²) in [4.78, 5) is 72.7. The number of benzene rings is 2. The fourth-order valence-electron chi connectivity index (χ4n) is 7.09. The first-order chi connectivity index (χ1) is 23.5. The number of Topliss-reactive ketones (excluding diaryl/α,β-unsaturated/α-hetero) is 1. The van der Waals surface area contributed by atoms with Crippen molar-refractivity contribution >= 4 is 45.2 Å². The number of ketones is 2. The summed E-state index contributed by atoms with van der Waals surface area (Å²) in [5.74, 6) is -0.727. The number of aromatic hydroxyl groups is 1. The van der Waals surface area contributed by atoms with Crippen molar-refractivity contribution < 1.29 is 28.9 Å². The molecule has 2 aromatic heterocycles. The minimum atomic E-state index is -0.877. The highest BCUT2D eigenvalue weighted by atomic mass is 127. The monoisotopic (exact) mass is 779 g/mol. The van der Waals surface area contributed by atoms with Crippen molar-refractivity contribution in [2.75, 3.05) is 21.3 Å². The fourth-order valence-corrected chi connectivity index (χ4v) is 7.66. The number of nitrogens with zero attached hydrogens (tertiary/aromatic N) is 5.